The Labute approximate surface area is 97.2 Å². The standard InChI is InChI=1S/C8H18N4O.C2H5N/c1-10-2-3-11-4-6-12(7-5-11)8(9)13;1-2-3/h10H,2-7H2,1H3,(H2,9,13);2H,1,3H2. The number of likely N-dealkylation sites (N-methyl/N-ethyl adjacent to an activating group) is 1. The van der Waals surface area contributed by atoms with E-state index in [0.29, 0.717) is 0 Å². The number of nitrogens with zero attached hydrogens (tertiary/aromatic N) is 2. The van der Waals surface area contributed by atoms with Gasteiger partial charge in [0, 0.05) is 39.3 Å². The van der Waals surface area contributed by atoms with E-state index in [9.17, 15) is 4.79 Å². The van der Waals surface area contributed by atoms with Gasteiger partial charge >= 0.3 is 6.03 Å². The van der Waals surface area contributed by atoms with Crippen molar-refractivity contribution in [1.29, 1.82) is 0 Å². The van der Waals surface area contributed by atoms with E-state index in [1.807, 2.05) is 7.05 Å². The number of amides is 2. The number of rotatable bonds is 3. The van der Waals surface area contributed by atoms with Gasteiger partial charge in [0.1, 0.15) is 0 Å². The van der Waals surface area contributed by atoms with E-state index in [-0.39, 0.29) is 6.03 Å². The van der Waals surface area contributed by atoms with Gasteiger partial charge in [0.15, 0.2) is 0 Å². The summed E-state index contributed by atoms with van der Waals surface area (Å²) in [4.78, 5) is 14.8. The van der Waals surface area contributed by atoms with Crippen LogP contribution < -0.4 is 16.8 Å². The maximum Gasteiger partial charge on any atom is 0.314 e. The molecule has 1 aliphatic heterocycles. The summed E-state index contributed by atoms with van der Waals surface area (Å²) in [6.07, 6.45) is 1.25. The van der Waals surface area contributed by atoms with E-state index >= 15 is 0 Å². The highest BCUT2D eigenvalue weighted by molar-refractivity contribution is 5.72. The van der Waals surface area contributed by atoms with Gasteiger partial charge < -0.3 is 21.7 Å². The molecule has 0 aromatic carbocycles. The molecule has 1 rings (SSSR count). The Kier molecular flexibility index (Phi) is 8.28. The lowest BCUT2D eigenvalue weighted by molar-refractivity contribution is 0.146. The Balaban J connectivity index is 0.000000673. The maximum absolute atomic E-state index is 10.8. The van der Waals surface area contributed by atoms with Crippen molar-refractivity contribution >= 4 is 6.03 Å². The summed E-state index contributed by atoms with van der Waals surface area (Å²) in [5.41, 5.74) is 9.78. The predicted molar refractivity (Wildman–Crippen MR) is 65.9 cm³/mol. The van der Waals surface area contributed by atoms with E-state index in [0.717, 1.165) is 39.3 Å². The smallest absolute Gasteiger partial charge is 0.314 e. The van der Waals surface area contributed by atoms with Crippen LogP contribution in [0.1, 0.15) is 0 Å². The molecule has 0 bridgehead atoms. The minimum atomic E-state index is -0.298. The van der Waals surface area contributed by atoms with Crippen molar-refractivity contribution in [1.82, 2.24) is 15.1 Å². The van der Waals surface area contributed by atoms with Gasteiger partial charge in [0.25, 0.3) is 0 Å². The fraction of sp³-hybridized carbons (Fsp3) is 0.700. The Morgan fingerprint density at radius 2 is 1.94 bits per heavy atom. The van der Waals surface area contributed by atoms with Crippen molar-refractivity contribution in [3.05, 3.63) is 12.8 Å². The van der Waals surface area contributed by atoms with Crippen molar-refractivity contribution in [2.45, 2.75) is 0 Å². The van der Waals surface area contributed by atoms with Crippen LogP contribution in [0.25, 0.3) is 0 Å². The molecule has 0 atom stereocenters. The van der Waals surface area contributed by atoms with Crippen molar-refractivity contribution in [3.63, 3.8) is 0 Å². The first-order chi connectivity index (χ1) is 7.65. The van der Waals surface area contributed by atoms with Crippen LogP contribution >= 0.6 is 0 Å². The maximum atomic E-state index is 10.8. The number of urea groups is 1. The second-order valence-electron chi connectivity index (χ2n) is 3.51. The summed E-state index contributed by atoms with van der Waals surface area (Å²) in [6, 6.07) is -0.298. The summed E-state index contributed by atoms with van der Waals surface area (Å²) < 4.78 is 0. The molecule has 16 heavy (non-hydrogen) atoms. The van der Waals surface area contributed by atoms with E-state index < -0.39 is 0 Å². The molecular weight excluding hydrogens is 206 g/mol. The molecule has 0 aliphatic carbocycles. The van der Waals surface area contributed by atoms with Gasteiger partial charge in [-0.1, -0.05) is 6.58 Å². The first-order valence-corrected chi connectivity index (χ1v) is 5.39. The predicted octanol–water partition coefficient (Wildman–Crippen LogP) is -1.01. The van der Waals surface area contributed by atoms with Crippen LogP contribution in [-0.4, -0.2) is 62.1 Å². The topological polar surface area (TPSA) is 87.6 Å². The Morgan fingerprint density at radius 3 is 2.31 bits per heavy atom. The number of primary amides is 1. The Bertz CT molecular complexity index is 201. The number of hydrogen-bond donors (Lipinski definition) is 3. The van der Waals surface area contributed by atoms with Crippen LogP contribution in [0, 0.1) is 0 Å². The molecule has 1 heterocycles. The fourth-order valence-electron chi connectivity index (χ4n) is 1.46. The van der Waals surface area contributed by atoms with Crippen LogP contribution in [0.15, 0.2) is 12.8 Å². The molecule has 0 aromatic rings. The Hall–Kier alpha value is -1.27. The molecule has 94 valence electrons. The quantitative estimate of drug-likeness (QED) is 0.579. The molecular formula is C10H23N5O. The van der Waals surface area contributed by atoms with Gasteiger partial charge in [-0.25, -0.2) is 4.79 Å². The van der Waals surface area contributed by atoms with Crippen LogP contribution in [0.3, 0.4) is 0 Å². The van der Waals surface area contributed by atoms with Crippen molar-refractivity contribution < 1.29 is 4.79 Å². The van der Waals surface area contributed by atoms with Gasteiger partial charge in [0.2, 0.25) is 0 Å². The molecule has 0 saturated carbocycles. The lowest BCUT2D eigenvalue weighted by Gasteiger charge is -2.33. The molecule has 5 N–H and O–H groups in total. The lowest BCUT2D eigenvalue weighted by atomic mass is 10.3. The number of nitrogens with two attached hydrogens (primary N) is 2. The highest BCUT2D eigenvalue weighted by atomic mass is 16.2. The van der Waals surface area contributed by atoms with Crippen LogP contribution in [0.2, 0.25) is 0 Å². The average Bonchev–Trinajstić information content (AvgIpc) is 2.28. The Morgan fingerprint density at radius 1 is 1.44 bits per heavy atom. The van der Waals surface area contributed by atoms with Gasteiger partial charge in [-0.3, -0.25) is 4.90 Å². The van der Waals surface area contributed by atoms with Crippen LogP contribution in [0.4, 0.5) is 4.79 Å². The van der Waals surface area contributed by atoms with Crippen molar-refractivity contribution in [2.75, 3.05) is 46.3 Å². The van der Waals surface area contributed by atoms with Crippen LogP contribution in [-0.2, 0) is 0 Å². The molecule has 2 amide bonds. The molecule has 1 saturated heterocycles. The monoisotopic (exact) mass is 229 g/mol. The average molecular weight is 229 g/mol. The number of piperazine rings is 1. The van der Waals surface area contributed by atoms with Gasteiger partial charge in [-0.15, -0.1) is 0 Å². The minimum Gasteiger partial charge on any atom is -0.405 e. The molecule has 0 radical (unpaired) electrons. The van der Waals surface area contributed by atoms with Gasteiger partial charge in [-0.05, 0) is 13.2 Å². The third kappa shape index (κ3) is 6.26. The van der Waals surface area contributed by atoms with E-state index in [4.69, 9.17) is 5.73 Å². The minimum absolute atomic E-state index is 0.298. The van der Waals surface area contributed by atoms with E-state index in [1.54, 1.807) is 4.90 Å². The summed E-state index contributed by atoms with van der Waals surface area (Å²) in [5.74, 6) is 0. The molecule has 6 heteroatoms. The van der Waals surface area contributed by atoms with Gasteiger partial charge in [0.05, 0.1) is 0 Å². The van der Waals surface area contributed by atoms with E-state index in [1.165, 1.54) is 6.20 Å². The van der Waals surface area contributed by atoms with E-state index in [2.05, 4.69) is 22.5 Å². The summed E-state index contributed by atoms with van der Waals surface area (Å²) in [7, 11) is 1.94. The highest BCUT2D eigenvalue weighted by Crippen LogP contribution is 1.99. The largest absolute Gasteiger partial charge is 0.405 e. The third-order valence-electron chi connectivity index (χ3n) is 2.36. The molecule has 1 fully saturated rings. The molecule has 1 aliphatic rings. The normalized spacial score (nSPS) is 16.2. The first-order valence-electron chi connectivity index (χ1n) is 5.39. The number of carbonyl (C=O) groups is 1. The molecule has 0 aromatic heterocycles. The molecule has 6 nitrogen and oxygen atoms in total. The number of hydrogen-bond acceptors (Lipinski definition) is 4. The molecule has 0 spiro atoms. The summed E-state index contributed by atoms with van der Waals surface area (Å²) in [6.45, 7) is 8.58. The number of nitrogens with one attached hydrogen (secondary N) is 1. The second-order valence-corrected chi connectivity index (χ2v) is 3.51. The molecule has 0 unspecified atom stereocenters. The third-order valence-corrected chi connectivity index (χ3v) is 2.36. The lowest BCUT2D eigenvalue weighted by Crippen LogP contribution is -2.51. The fourth-order valence-corrected chi connectivity index (χ4v) is 1.46. The SMILES string of the molecule is C=CN.CNCCN1CCN(C(N)=O)CC1. The zero-order chi connectivity index (χ0) is 12.4. The highest BCUT2D eigenvalue weighted by Gasteiger charge is 2.17. The summed E-state index contributed by atoms with van der Waals surface area (Å²) >= 11 is 0. The zero-order valence-corrected chi connectivity index (χ0v) is 9.98. The van der Waals surface area contributed by atoms with Crippen LogP contribution in [0.5, 0.6) is 0 Å². The zero-order valence-electron chi connectivity index (χ0n) is 9.98. The van der Waals surface area contributed by atoms with Crippen molar-refractivity contribution in [2.24, 2.45) is 11.5 Å². The summed E-state index contributed by atoms with van der Waals surface area (Å²) in [5, 5.41) is 3.10. The first kappa shape index (κ1) is 14.7. The van der Waals surface area contributed by atoms with Crippen molar-refractivity contribution in [3.8, 4) is 0 Å². The second kappa shape index (κ2) is 8.99. The number of carbonyl (C=O) groups excluding carboxylic acids is 1. The van der Waals surface area contributed by atoms with Gasteiger partial charge in [-0.2, -0.15) is 0 Å².